The number of carboxylic acids is 1. The predicted octanol–water partition coefficient (Wildman–Crippen LogP) is 5.10. The molecule has 29 heavy (non-hydrogen) atoms. The molecule has 0 spiro atoms. The summed E-state index contributed by atoms with van der Waals surface area (Å²) in [4.78, 5) is 16.0. The van der Waals surface area contributed by atoms with Crippen LogP contribution < -0.4 is 5.32 Å². The van der Waals surface area contributed by atoms with E-state index in [0.717, 1.165) is 50.4 Å². The van der Waals surface area contributed by atoms with E-state index in [2.05, 4.69) is 10.3 Å². The van der Waals surface area contributed by atoms with Crippen molar-refractivity contribution in [2.45, 2.75) is 31.8 Å². The maximum atomic E-state index is 13.9. The van der Waals surface area contributed by atoms with Crippen molar-refractivity contribution in [3.8, 4) is 0 Å². The normalized spacial score (nSPS) is 16.3. The zero-order valence-corrected chi connectivity index (χ0v) is 16.9. The van der Waals surface area contributed by atoms with E-state index in [-0.39, 0.29) is 18.4 Å². The number of fused-ring (bicyclic) bond motifs is 4. The maximum absolute atomic E-state index is 13.9. The minimum atomic E-state index is -0.901. The first-order valence-electron chi connectivity index (χ1n) is 9.32. The van der Waals surface area contributed by atoms with Crippen LogP contribution in [0.5, 0.6) is 0 Å². The molecule has 8 heteroatoms. The summed E-state index contributed by atoms with van der Waals surface area (Å²) in [6, 6.07) is 10.4. The van der Waals surface area contributed by atoms with E-state index in [1.807, 2.05) is 22.8 Å². The number of aliphatic carboxylic acids is 1. The van der Waals surface area contributed by atoms with E-state index >= 15 is 0 Å². The zero-order valence-electron chi connectivity index (χ0n) is 15.3. The number of hydrogen-bond donors (Lipinski definition) is 2. The van der Waals surface area contributed by atoms with E-state index in [1.165, 1.54) is 12.1 Å². The smallest absolute Gasteiger partial charge is 0.323 e. The molecule has 5 nitrogen and oxygen atoms in total. The third kappa shape index (κ3) is 3.34. The number of aromatic nitrogens is 2. The molecular weight excluding hydrogens is 413 g/mol. The van der Waals surface area contributed by atoms with Gasteiger partial charge < -0.3 is 15.0 Å². The summed E-state index contributed by atoms with van der Waals surface area (Å²) in [5, 5.41) is 15.1. The van der Waals surface area contributed by atoms with E-state index < -0.39 is 5.97 Å². The van der Waals surface area contributed by atoms with Crippen molar-refractivity contribution in [2.24, 2.45) is 0 Å². The third-order valence-electron chi connectivity index (χ3n) is 5.40. The number of nitrogens with one attached hydrogen (secondary N) is 1. The summed E-state index contributed by atoms with van der Waals surface area (Å²) in [5.41, 5.74) is 3.64. The fourth-order valence-corrected chi connectivity index (χ4v) is 5.29. The van der Waals surface area contributed by atoms with Gasteiger partial charge in [-0.15, -0.1) is 0 Å². The van der Waals surface area contributed by atoms with Gasteiger partial charge in [0.2, 0.25) is 0 Å². The van der Waals surface area contributed by atoms with Gasteiger partial charge in [-0.05, 0) is 61.2 Å². The lowest BCUT2D eigenvalue weighted by atomic mass is 9.91. The number of thiazole rings is 1. The summed E-state index contributed by atoms with van der Waals surface area (Å²) < 4.78 is 16.8. The molecule has 0 radical (unpaired) electrons. The van der Waals surface area contributed by atoms with Crippen molar-refractivity contribution in [1.29, 1.82) is 0 Å². The van der Waals surface area contributed by atoms with Crippen LogP contribution in [0.25, 0.3) is 21.1 Å². The quantitative estimate of drug-likeness (QED) is 0.473. The second-order valence-corrected chi connectivity index (χ2v) is 8.75. The maximum Gasteiger partial charge on any atom is 0.323 e. The highest BCUT2D eigenvalue weighted by Crippen LogP contribution is 2.35. The van der Waals surface area contributed by atoms with E-state index in [4.69, 9.17) is 11.6 Å². The van der Waals surface area contributed by atoms with E-state index in [1.54, 1.807) is 17.4 Å². The molecule has 0 saturated carbocycles. The summed E-state index contributed by atoms with van der Waals surface area (Å²) in [5.74, 6) is -1.21. The van der Waals surface area contributed by atoms with Gasteiger partial charge in [0, 0.05) is 27.7 Å². The molecule has 0 aliphatic heterocycles. The Balaban J connectivity index is 1.48. The zero-order chi connectivity index (χ0) is 20.1. The molecule has 1 unspecified atom stereocenters. The monoisotopic (exact) mass is 429 g/mol. The topological polar surface area (TPSA) is 67.2 Å². The molecule has 2 aromatic heterocycles. The molecule has 0 bridgehead atoms. The number of carbonyl (C=O) groups is 1. The third-order valence-corrected chi connectivity index (χ3v) is 6.60. The van der Waals surface area contributed by atoms with Crippen LogP contribution in [-0.2, 0) is 24.2 Å². The summed E-state index contributed by atoms with van der Waals surface area (Å²) in [6.07, 6.45) is 2.27. The number of anilines is 1. The molecule has 2 N–H and O–H groups in total. The molecule has 1 atom stereocenters. The van der Waals surface area contributed by atoms with Gasteiger partial charge >= 0.3 is 5.97 Å². The van der Waals surface area contributed by atoms with Gasteiger partial charge in [0.1, 0.15) is 12.4 Å². The van der Waals surface area contributed by atoms with E-state index in [9.17, 15) is 14.3 Å². The van der Waals surface area contributed by atoms with Crippen LogP contribution in [0.1, 0.15) is 17.7 Å². The van der Waals surface area contributed by atoms with Crippen LogP contribution in [-0.4, -0.2) is 26.7 Å². The van der Waals surface area contributed by atoms with Gasteiger partial charge in [-0.25, -0.2) is 9.37 Å². The fraction of sp³-hybridized carbons (Fsp3) is 0.238. The Morgan fingerprint density at radius 2 is 2.21 bits per heavy atom. The van der Waals surface area contributed by atoms with Gasteiger partial charge in [0.25, 0.3) is 0 Å². The Morgan fingerprint density at radius 3 is 3.03 bits per heavy atom. The minimum Gasteiger partial charge on any atom is -0.480 e. The Morgan fingerprint density at radius 1 is 1.34 bits per heavy atom. The van der Waals surface area contributed by atoms with Crippen molar-refractivity contribution in [1.82, 2.24) is 9.55 Å². The van der Waals surface area contributed by atoms with Crippen molar-refractivity contribution < 1.29 is 14.3 Å². The van der Waals surface area contributed by atoms with Gasteiger partial charge in [-0.2, -0.15) is 0 Å². The molecule has 2 heterocycles. The number of rotatable bonds is 4. The average Bonchev–Trinajstić information content (AvgIpc) is 3.19. The highest BCUT2D eigenvalue weighted by Gasteiger charge is 2.27. The second-order valence-electron chi connectivity index (χ2n) is 7.28. The van der Waals surface area contributed by atoms with Crippen molar-refractivity contribution in [2.75, 3.05) is 5.32 Å². The summed E-state index contributed by atoms with van der Waals surface area (Å²) >= 11 is 7.63. The van der Waals surface area contributed by atoms with Crippen molar-refractivity contribution >= 4 is 55.2 Å². The first-order chi connectivity index (χ1) is 14.0. The van der Waals surface area contributed by atoms with Gasteiger partial charge in [-0.1, -0.05) is 22.9 Å². The molecule has 0 amide bonds. The van der Waals surface area contributed by atoms with Crippen LogP contribution in [0.4, 0.5) is 9.52 Å². The summed E-state index contributed by atoms with van der Waals surface area (Å²) in [6.45, 7) is -0.117. The van der Waals surface area contributed by atoms with Gasteiger partial charge in [0.05, 0.1) is 10.2 Å². The first kappa shape index (κ1) is 18.4. The molecule has 148 valence electrons. The molecule has 0 saturated heterocycles. The molecular formula is C21H17ClFN3O2S. The lowest BCUT2D eigenvalue weighted by molar-refractivity contribution is -0.137. The second kappa shape index (κ2) is 7.00. The standard InChI is InChI=1S/C21H17ClFN3O2S/c22-11-1-6-19-16(7-11)25-21(29-19)24-13-3-5-18-15(9-13)14-8-12(23)2-4-17(14)26(18)10-20(27)28/h1-2,4,6-8,13H,3,5,9-10H2,(H,24,25)(H,27,28). The van der Waals surface area contributed by atoms with E-state index in [0.29, 0.717) is 11.4 Å². The fourth-order valence-electron chi connectivity index (χ4n) is 4.20. The first-order valence-corrected chi connectivity index (χ1v) is 10.5. The highest BCUT2D eigenvalue weighted by molar-refractivity contribution is 7.22. The molecule has 4 aromatic rings. The molecule has 1 aliphatic rings. The number of nitrogens with zero attached hydrogens (tertiary/aromatic N) is 2. The molecule has 1 aliphatic carbocycles. The van der Waals surface area contributed by atoms with Crippen molar-refractivity contribution in [3.05, 3.63) is 58.5 Å². The van der Waals surface area contributed by atoms with Crippen LogP contribution >= 0.6 is 22.9 Å². The van der Waals surface area contributed by atoms with Crippen LogP contribution in [0.3, 0.4) is 0 Å². The van der Waals surface area contributed by atoms with Crippen LogP contribution in [0.15, 0.2) is 36.4 Å². The van der Waals surface area contributed by atoms with Crippen LogP contribution in [0, 0.1) is 5.82 Å². The van der Waals surface area contributed by atoms with Gasteiger partial charge in [0.15, 0.2) is 5.13 Å². The molecule has 0 fully saturated rings. The Bertz CT molecular complexity index is 1270. The average molecular weight is 430 g/mol. The highest BCUT2D eigenvalue weighted by atomic mass is 35.5. The van der Waals surface area contributed by atoms with Gasteiger partial charge in [-0.3, -0.25) is 4.79 Å². The lowest BCUT2D eigenvalue weighted by Crippen LogP contribution is -2.28. The minimum absolute atomic E-state index is 0.117. The van der Waals surface area contributed by atoms with Crippen LogP contribution in [0.2, 0.25) is 5.02 Å². The molecule has 5 rings (SSSR count). The summed E-state index contributed by atoms with van der Waals surface area (Å²) in [7, 11) is 0. The number of carboxylic acid groups (broad SMARTS) is 1. The number of hydrogen-bond acceptors (Lipinski definition) is 4. The van der Waals surface area contributed by atoms with Crippen molar-refractivity contribution in [3.63, 3.8) is 0 Å². The Labute approximate surface area is 174 Å². The molecule has 2 aromatic carbocycles. The SMILES string of the molecule is O=C(O)Cn1c2c(c3cc(F)ccc31)CC(Nc1nc3cc(Cl)ccc3s1)CC2. The predicted molar refractivity (Wildman–Crippen MR) is 114 cm³/mol. The number of halogens is 2. The largest absolute Gasteiger partial charge is 0.480 e. The number of benzene rings is 2. The lowest BCUT2D eigenvalue weighted by Gasteiger charge is -2.24. The Hall–Kier alpha value is -2.64. The Kier molecular flexibility index (Phi) is 4.44.